The van der Waals surface area contributed by atoms with Crippen LogP contribution in [0, 0.1) is 96.9 Å². The second-order valence-corrected chi connectivity index (χ2v) is 25.3. The first-order valence-electron chi connectivity index (χ1n) is 32.6. The topological polar surface area (TPSA) is 104 Å². The average molecular weight is 1310 g/mol. The Morgan fingerprint density at radius 2 is 1.00 bits per heavy atom. The van der Waals surface area contributed by atoms with Gasteiger partial charge in [-0.1, -0.05) is 24.3 Å². The Morgan fingerprint density at radius 1 is 0.396 bits per heavy atom. The smallest absolute Gasteiger partial charge is 0.238 e. The van der Waals surface area contributed by atoms with Gasteiger partial charge in [-0.25, -0.2) is 36.5 Å². The first kappa shape index (κ1) is 78.7. The van der Waals surface area contributed by atoms with Crippen molar-refractivity contribution in [3.8, 4) is 0 Å². The van der Waals surface area contributed by atoms with Gasteiger partial charge < -0.3 is 0 Å². The molecular weight excluding hydrogens is 1190 g/mol. The summed E-state index contributed by atoms with van der Waals surface area (Å²) in [5.74, 6) is 5.95. The maximum atomic E-state index is 4.19. The van der Waals surface area contributed by atoms with Crippen molar-refractivity contribution in [2.45, 2.75) is 96.9 Å². The Bertz CT molecular complexity index is 4220. The van der Waals surface area contributed by atoms with Gasteiger partial charge in [-0.3, -0.25) is 0 Å². The summed E-state index contributed by atoms with van der Waals surface area (Å²) in [5.41, 5.74) is 15.7. The van der Waals surface area contributed by atoms with Gasteiger partial charge in [-0.15, -0.1) is 28.1 Å². The molecule has 0 amide bonds. The summed E-state index contributed by atoms with van der Waals surface area (Å²) in [7, 11) is 36.7. The van der Waals surface area contributed by atoms with Gasteiger partial charge >= 0.3 is 0 Å². The second-order valence-electron chi connectivity index (χ2n) is 25.3. The molecule has 10 aromatic heterocycles. The van der Waals surface area contributed by atoms with Crippen LogP contribution < -0.4 is 46.1 Å². The fourth-order valence-corrected chi connectivity index (χ4v) is 10.0. The molecule has 3 aromatic carbocycles. The van der Waals surface area contributed by atoms with Crippen molar-refractivity contribution in [1.82, 2.24) is 47.4 Å². The lowest BCUT2D eigenvalue weighted by Crippen LogP contribution is -2.39. The third-order valence-corrected chi connectivity index (χ3v) is 18.8. The average Bonchev–Trinajstić information content (AvgIpc) is 1.61. The van der Waals surface area contributed by atoms with E-state index in [0.717, 1.165) is 11.6 Å². The molecule has 0 N–H and O–H groups in total. The van der Waals surface area contributed by atoms with E-state index < -0.39 is 0 Å². The molecule has 0 bridgehead atoms. The summed E-state index contributed by atoms with van der Waals surface area (Å²) in [4.78, 5) is 0. The van der Waals surface area contributed by atoms with Gasteiger partial charge in [0.15, 0.2) is 53.0 Å². The Balaban J connectivity index is 0.000000228. The summed E-state index contributed by atoms with van der Waals surface area (Å²) in [6.45, 7) is 29.3. The maximum absolute atomic E-state index is 4.19. The second kappa shape index (κ2) is 35.7. The lowest BCUT2D eigenvalue weighted by molar-refractivity contribution is -0.756. The van der Waals surface area contributed by atoms with Crippen LogP contribution in [0.25, 0.3) is 32.7 Å². The highest BCUT2D eigenvalue weighted by atomic mass is 15.4. The molecule has 0 aliphatic heterocycles. The number of aromatic nitrogens is 20. The minimum Gasteiger partial charge on any atom is -0.238 e. The Hall–Kier alpha value is -9.72. The van der Waals surface area contributed by atoms with Gasteiger partial charge in [0.2, 0.25) is 34.6 Å². The number of hydrogen-bond acceptors (Lipinski definition) is 2. The van der Waals surface area contributed by atoms with Crippen LogP contribution in [0.4, 0.5) is 0 Å². The zero-order valence-corrected chi connectivity index (χ0v) is 64.8. The molecule has 13 rings (SSSR count). The van der Waals surface area contributed by atoms with E-state index in [2.05, 4.69) is 319 Å². The highest BCUT2D eigenvalue weighted by Crippen LogP contribution is 2.15. The lowest BCUT2D eigenvalue weighted by Gasteiger charge is -1.96. The van der Waals surface area contributed by atoms with Gasteiger partial charge in [0.1, 0.15) is 43.4 Å². The molecule has 0 saturated carbocycles. The molecule has 514 valence electrons. The van der Waals surface area contributed by atoms with Crippen molar-refractivity contribution < 1.29 is 46.1 Å². The largest absolute Gasteiger partial charge is 0.274 e. The summed E-state index contributed by atoms with van der Waals surface area (Å²) in [6.07, 6.45) is 16.2. The molecule has 0 fully saturated rings. The third kappa shape index (κ3) is 21.1. The number of imidazole rings is 2. The number of para-hydroxylation sites is 1. The van der Waals surface area contributed by atoms with Gasteiger partial charge in [-0.2, -0.15) is 18.7 Å². The van der Waals surface area contributed by atoms with Crippen LogP contribution in [0.15, 0.2) is 147 Å². The van der Waals surface area contributed by atoms with Crippen molar-refractivity contribution in [2.75, 3.05) is 0 Å². The summed E-state index contributed by atoms with van der Waals surface area (Å²) >= 11 is 0. The minimum atomic E-state index is 1.05. The first-order valence-corrected chi connectivity index (χ1v) is 32.6. The molecule has 20 heteroatoms. The normalized spacial score (nSPS) is 10.3. The van der Waals surface area contributed by atoms with Crippen LogP contribution in [-0.4, -0.2) is 47.4 Å². The van der Waals surface area contributed by atoms with Crippen LogP contribution >= 0.6 is 0 Å². The molecule has 0 saturated heterocycles. The van der Waals surface area contributed by atoms with E-state index in [4.69, 9.17) is 0 Å². The standard InChI is InChI=1S/C11H12N.2C10H13N2.C8H15N2.C7H13N2.C7H10N.C6H12N3.2C6H11N2.C5H10N3/c1-9-5-6-10-4-3-7-12(2)11(10)8-9;1-8-4-5-9-7-11(2)12(3)10(9)6-8;1-8-9-6-4-5-7-10(9)12(3)11(8)2;1-6-7(2)10(5)8(3)9(6)4;1-6-5-7(2)9(4)8(6)3;1-7-3-5-8(2)6-4-7;1-5-7-9(4)6(2)8(5)3;1-6-7(2)4-5-8(6)3;1-6-4-5-7(2)8(6)3;1-5-7(2)4-6-8(5)3/h3-8H,1-2H3;2*4-7H,1-3H3;1-5H3;5H,1-4H3;3-6H,1-2H3;1-4H3;2*4-5H,1-3H3;4H,1-3H3/q10*+1. The van der Waals surface area contributed by atoms with E-state index in [9.17, 15) is 0 Å². The molecule has 96 heavy (non-hydrogen) atoms. The van der Waals surface area contributed by atoms with E-state index in [1.54, 1.807) is 6.33 Å². The van der Waals surface area contributed by atoms with Crippen molar-refractivity contribution in [3.05, 3.63) is 227 Å². The fourth-order valence-electron chi connectivity index (χ4n) is 10.0. The monoisotopic (exact) mass is 1310 g/mol. The number of hydrogen-bond donors (Lipinski definition) is 0. The highest BCUT2D eigenvalue weighted by Gasteiger charge is 2.17. The van der Waals surface area contributed by atoms with Gasteiger partial charge in [-0.05, 0) is 88.6 Å². The third-order valence-electron chi connectivity index (χ3n) is 18.8. The number of pyridine rings is 2. The molecule has 0 aliphatic rings. The quantitative estimate of drug-likeness (QED) is 0.165. The highest BCUT2D eigenvalue weighted by molar-refractivity contribution is 5.79. The summed E-state index contributed by atoms with van der Waals surface area (Å²) < 4.78 is 37.4. The predicted molar refractivity (Wildman–Crippen MR) is 382 cm³/mol. The molecule has 20 nitrogen and oxygen atoms in total. The van der Waals surface area contributed by atoms with Crippen molar-refractivity contribution in [3.63, 3.8) is 0 Å². The number of aryl methyl sites for hydroxylation is 19. The summed E-state index contributed by atoms with van der Waals surface area (Å²) in [6, 6.07) is 34.1. The van der Waals surface area contributed by atoms with Crippen molar-refractivity contribution >= 4 is 32.7 Å². The van der Waals surface area contributed by atoms with E-state index in [1.165, 1.54) is 101 Å². The van der Waals surface area contributed by atoms with Crippen LogP contribution in [-0.2, 0) is 127 Å². The molecule has 0 spiro atoms. The Labute approximate surface area is 574 Å². The summed E-state index contributed by atoms with van der Waals surface area (Å²) in [5, 5.41) is 12.1. The Kier molecular flexibility index (Phi) is 29.3. The minimum absolute atomic E-state index is 1.05. The van der Waals surface area contributed by atoms with Crippen LogP contribution in [0.3, 0.4) is 0 Å². The maximum Gasteiger partial charge on any atom is 0.274 e. The van der Waals surface area contributed by atoms with Gasteiger partial charge in [0.05, 0.1) is 112 Å². The van der Waals surface area contributed by atoms with E-state index in [0.29, 0.717) is 0 Å². The molecule has 0 aliphatic carbocycles. The Morgan fingerprint density at radius 3 is 1.36 bits per heavy atom. The molecule has 0 unspecified atom stereocenters. The molecule has 10 heterocycles. The first-order chi connectivity index (χ1) is 44.9. The molecule has 0 atom stereocenters. The lowest BCUT2D eigenvalue weighted by atomic mass is 10.1. The number of rotatable bonds is 0. The van der Waals surface area contributed by atoms with Crippen molar-refractivity contribution in [2.24, 2.45) is 127 Å². The number of nitrogens with zero attached hydrogens (tertiary/aromatic N) is 20. The number of benzene rings is 3. The van der Waals surface area contributed by atoms with E-state index >= 15 is 0 Å². The predicted octanol–water partition coefficient (Wildman–Crippen LogP) is 6.39. The SMILES string of the molecule is Cc1c(C)[n+](C)c(C)n1C.Cc1c2ccccc2[n+](C)n1C.Cc1cc(C)[n+](C)n1C.Cc1cc[n+](C)cc1.Cc1cc[n+](C)n1C.Cc1ccc2c[n+](C)n(C)c2c1.Cc1ccc2ccc[n+](C)c2c1.Cc1n(C)cc[n+]1C.Cc1n(C)nc[n+]1C.Cc1nn(C)c(C)[n+]1C. The molecular formula is C76H120N20+10. The molecule has 13 aromatic rings. The van der Waals surface area contributed by atoms with E-state index in [-0.39, 0.29) is 0 Å². The molecule has 0 radical (unpaired) electrons. The fraction of sp³-hybridized carbons (Fsp3) is 0.421. The zero-order chi connectivity index (χ0) is 72.3. The number of fused-ring (bicyclic) bond motifs is 3. The van der Waals surface area contributed by atoms with Gasteiger partial charge in [0, 0.05) is 113 Å². The van der Waals surface area contributed by atoms with E-state index in [1.807, 2.05) is 138 Å². The van der Waals surface area contributed by atoms with Gasteiger partial charge in [0.25, 0.3) is 23.8 Å². The van der Waals surface area contributed by atoms with Crippen LogP contribution in [0.1, 0.15) is 80.0 Å². The van der Waals surface area contributed by atoms with Crippen LogP contribution in [0.2, 0.25) is 0 Å². The van der Waals surface area contributed by atoms with Crippen molar-refractivity contribution in [1.29, 1.82) is 0 Å². The zero-order valence-electron chi connectivity index (χ0n) is 64.8. The van der Waals surface area contributed by atoms with Crippen LogP contribution in [0.5, 0.6) is 0 Å².